The van der Waals surface area contributed by atoms with Crippen molar-refractivity contribution in [3.63, 3.8) is 0 Å². The first kappa shape index (κ1) is 17.8. The van der Waals surface area contributed by atoms with E-state index >= 15 is 0 Å². The topological polar surface area (TPSA) is 89.7 Å². The van der Waals surface area contributed by atoms with Crippen LogP contribution in [0, 0.1) is 21.8 Å². The molecule has 1 heterocycles. The Hall–Kier alpha value is -3.00. The summed E-state index contributed by atoms with van der Waals surface area (Å²) in [5.41, 5.74) is 0.00491. The van der Waals surface area contributed by atoms with Gasteiger partial charge in [0.2, 0.25) is 11.7 Å². The Bertz CT molecular complexity index is 904. The number of hydrogen-bond acceptors (Lipinski definition) is 5. The fourth-order valence-electron chi connectivity index (χ4n) is 2.67. The zero-order valence-electron chi connectivity index (χ0n) is 13.2. The molecule has 0 bridgehead atoms. The van der Waals surface area contributed by atoms with Gasteiger partial charge in [-0.25, -0.2) is 4.39 Å². The lowest BCUT2D eigenvalue weighted by molar-refractivity contribution is -0.385. The molecular formula is C17H12ClFN2O5. The van der Waals surface area contributed by atoms with Crippen LogP contribution >= 0.6 is 11.6 Å². The van der Waals surface area contributed by atoms with Crippen molar-refractivity contribution in [3.05, 3.63) is 63.4 Å². The number of rotatable bonds is 4. The van der Waals surface area contributed by atoms with Crippen molar-refractivity contribution >= 4 is 34.9 Å². The first-order valence-corrected chi connectivity index (χ1v) is 7.94. The van der Waals surface area contributed by atoms with Crippen LogP contribution in [0.25, 0.3) is 0 Å². The summed E-state index contributed by atoms with van der Waals surface area (Å²) in [6, 6.07) is 9.17. The quantitative estimate of drug-likeness (QED) is 0.352. The highest BCUT2D eigenvalue weighted by atomic mass is 35.5. The van der Waals surface area contributed by atoms with Gasteiger partial charge in [0.25, 0.3) is 0 Å². The predicted octanol–water partition coefficient (Wildman–Crippen LogP) is 3.35. The minimum Gasteiger partial charge on any atom is -0.419 e. The molecule has 0 aromatic heterocycles. The summed E-state index contributed by atoms with van der Waals surface area (Å²) >= 11 is 5.91. The maximum absolute atomic E-state index is 13.3. The van der Waals surface area contributed by atoms with Gasteiger partial charge < -0.3 is 9.64 Å². The van der Waals surface area contributed by atoms with E-state index in [0.717, 1.165) is 18.2 Å². The Balaban J connectivity index is 1.77. The summed E-state index contributed by atoms with van der Waals surface area (Å²) in [7, 11) is 0. The van der Waals surface area contributed by atoms with Crippen LogP contribution in [0.2, 0.25) is 5.02 Å². The highest BCUT2D eigenvalue weighted by Crippen LogP contribution is 2.31. The molecule has 1 amide bonds. The van der Waals surface area contributed by atoms with Crippen molar-refractivity contribution in [3.8, 4) is 5.75 Å². The van der Waals surface area contributed by atoms with Gasteiger partial charge in [-0.2, -0.15) is 0 Å². The Morgan fingerprint density at radius 1 is 1.31 bits per heavy atom. The number of nitro benzene ring substituents is 1. The number of anilines is 1. The lowest BCUT2D eigenvalue weighted by Gasteiger charge is -2.16. The number of carbonyl (C=O) groups excluding carboxylic acids is 2. The number of halogens is 2. The summed E-state index contributed by atoms with van der Waals surface area (Å²) in [6.45, 7) is 0.0428. The van der Waals surface area contributed by atoms with Crippen LogP contribution < -0.4 is 9.64 Å². The average Bonchev–Trinajstić information content (AvgIpc) is 2.96. The minimum absolute atomic E-state index is 0.0428. The van der Waals surface area contributed by atoms with Crippen LogP contribution in [-0.4, -0.2) is 23.3 Å². The SMILES string of the molecule is O=C(Oc1cc(F)ccc1[N+](=O)[O-])C1CC(=O)N(c2cccc(Cl)c2)C1. The highest BCUT2D eigenvalue weighted by Gasteiger charge is 2.37. The normalized spacial score (nSPS) is 16.6. The molecule has 2 aromatic carbocycles. The van der Waals surface area contributed by atoms with Crippen molar-refractivity contribution in [1.29, 1.82) is 0 Å². The number of amides is 1. The Morgan fingerprint density at radius 3 is 2.77 bits per heavy atom. The van der Waals surface area contributed by atoms with Gasteiger partial charge in [0.05, 0.1) is 10.8 Å². The second-order valence-corrected chi connectivity index (χ2v) is 6.11. The van der Waals surface area contributed by atoms with Gasteiger partial charge in [0.15, 0.2) is 0 Å². The summed E-state index contributed by atoms with van der Waals surface area (Å²) in [4.78, 5) is 36.1. The first-order chi connectivity index (χ1) is 12.3. The molecule has 0 spiro atoms. The second-order valence-electron chi connectivity index (χ2n) is 5.68. The molecule has 0 N–H and O–H groups in total. The summed E-state index contributed by atoms with van der Waals surface area (Å²) in [5.74, 6) is -3.24. The molecule has 3 rings (SSSR count). The van der Waals surface area contributed by atoms with Crippen molar-refractivity contribution < 1.29 is 23.6 Å². The second kappa shape index (κ2) is 7.09. The predicted molar refractivity (Wildman–Crippen MR) is 90.6 cm³/mol. The number of ether oxygens (including phenoxy) is 1. The third-order valence-electron chi connectivity index (χ3n) is 3.91. The van der Waals surface area contributed by atoms with Gasteiger partial charge in [-0.3, -0.25) is 19.7 Å². The smallest absolute Gasteiger partial charge is 0.316 e. The van der Waals surface area contributed by atoms with Crippen molar-refractivity contribution in [2.45, 2.75) is 6.42 Å². The van der Waals surface area contributed by atoms with E-state index in [1.54, 1.807) is 24.3 Å². The fraction of sp³-hybridized carbons (Fsp3) is 0.176. The number of nitro groups is 1. The molecule has 26 heavy (non-hydrogen) atoms. The molecule has 134 valence electrons. The number of esters is 1. The van der Waals surface area contributed by atoms with E-state index < -0.39 is 34.1 Å². The molecule has 1 atom stereocenters. The lowest BCUT2D eigenvalue weighted by Crippen LogP contribution is -2.27. The monoisotopic (exact) mass is 378 g/mol. The molecule has 2 aromatic rings. The molecule has 0 aliphatic carbocycles. The number of hydrogen-bond donors (Lipinski definition) is 0. The van der Waals surface area contributed by atoms with E-state index in [2.05, 4.69) is 0 Å². The number of carbonyl (C=O) groups is 2. The lowest BCUT2D eigenvalue weighted by atomic mass is 10.1. The van der Waals surface area contributed by atoms with Crippen molar-refractivity contribution in [2.75, 3.05) is 11.4 Å². The minimum atomic E-state index is -0.837. The van der Waals surface area contributed by atoms with E-state index in [4.69, 9.17) is 16.3 Å². The third-order valence-corrected chi connectivity index (χ3v) is 4.14. The van der Waals surface area contributed by atoms with Gasteiger partial charge in [-0.15, -0.1) is 0 Å². The molecule has 0 saturated carbocycles. The van der Waals surface area contributed by atoms with Gasteiger partial charge >= 0.3 is 11.7 Å². The molecular weight excluding hydrogens is 367 g/mol. The molecule has 1 saturated heterocycles. The average molecular weight is 379 g/mol. The maximum Gasteiger partial charge on any atom is 0.316 e. The van der Waals surface area contributed by atoms with Crippen molar-refractivity contribution in [1.82, 2.24) is 0 Å². The summed E-state index contributed by atoms with van der Waals surface area (Å²) < 4.78 is 18.3. The molecule has 7 nitrogen and oxygen atoms in total. The van der Waals surface area contributed by atoms with Crippen LogP contribution in [0.3, 0.4) is 0 Å². The Labute approximate surface area is 152 Å². The zero-order chi connectivity index (χ0) is 18.8. The van der Waals surface area contributed by atoms with Crippen LogP contribution in [0.4, 0.5) is 15.8 Å². The molecule has 9 heteroatoms. The van der Waals surface area contributed by atoms with Crippen LogP contribution in [0.1, 0.15) is 6.42 Å². The Kier molecular flexibility index (Phi) is 4.85. The van der Waals surface area contributed by atoms with Gasteiger partial charge in [0.1, 0.15) is 5.82 Å². The molecule has 0 radical (unpaired) electrons. The molecule has 1 fully saturated rings. The van der Waals surface area contributed by atoms with Crippen LogP contribution in [-0.2, 0) is 9.59 Å². The largest absolute Gasteiger partial charge is 0.419 e. The van der Waals surface area contributed by atoms with E-state index in [-0.39, 0.29) is 18.9 Å². The standard InChI is InChI=1S/C17H12ClFN2O5/c18-11-2-1-3-13(7-11)20-9-10(6-16(20)22)17(23)26-15-8-12(19)4-5-14(15)21(24)25/h1-5,7-8,10H,6,9H2. The summed E-state index contributed by atoms with van der Waals surface area (Å²) in [5, 5.41) is 11.4. The highest BCUT2D eigenvalue weighted by molar-refractivity contribution is 6.30. The van der Waals surface area contributed by atoms with E-state index in [9.17, 15) is 24.1 Å². The van der Waals surface area contributed by atoms with Crippen LogP contribution in [0.5, 0.6) is 5.75 Å². The van der Waals surface area contributed by atoms with Gasteiger partial charge in [-0.05, 0) is 24.3 Å². The number of nitrogens with zero attached hydrogens (tertiary/aromatic N) is 2. The Morgan fingerprint density at radius 2 is 2.08 bits per heavy atom. The van der Waals surface area contributed by atoms with E-state index in [1.807, 2.05) is 0 Å². The maximum atomic E-state index is 13.3. The molecule has 1 aliphatic heterocycles. The fourth-order valence-corrected chi connectivity index (χ4v) is 2.86. The first-order valence-electron chi connectivity index (χ1n) is 7.56. The molecule has 1 unspecified atom stereocenters. The van der Waals surface area contributed by atoms with Gasteiger partial charge in [-0.1, -0.05) is 17.7 Å². The summed E-state index contributed by atoms with van der Waals surface area (Å²) in [6.07, 6.45) is -0.117. The molecule has 1 aliphatic rings. The third kappa shape index (κ3) is 3.65. The van der Waals surface area contributed by atoms with Gasteiger partial charge in [0, 0.05) is 35.8 Å². The number of benzene rings is 2. The van der Waals surface area contributed by atoms with E-state index in [1.165, 1.54) is 4.90 Å². The van der Waals surface area contributed by atoms with Crippen LogP contribution in [0.15, 0.2) is 42.5 Å². The van der Waals surface area contributed by atoms with E-state index in [0.29, 0.717) is 10.7 Å². The van der Waals surface area contributed by atoms with Crippen molar-refractivity contribution in [2.24, 2.45) is 5.92 Å². The zero-order valence-corrected chi connectivity index (χ0v) is 14.0.